The Balaban J connectivity index is 2.16. The Morgan fingerprint density at radius 2 is 2.18 bits per heavy atom. The summed E-state index contributed by atoms with van der Waals surface area (Å²) in [5, 5.41) is 0. The Bertz CT molecular complexity index is 530. The molecule has 0 radical (unpaired) electrons. The average molecular weight is 258 g/mol. The molecule has 2 rings (SSSR count). The zero-order valence-corrected chi connectivity index (χ0v) is 10.3. The molecule has 0 heterocycles. The molecular weight excluding hydrogens is 243 g/mol. The molecule has 0 saturated heterocycles. The van der Waals surface area contributed by atoms with Crippen LogP contribution in [0, 0.1) is 17.7 Å². The van der Waals surface area contributed by atoms with Crippen LogP contribution in [0.2, 0.25) is 0 Å². The summed E-state index contributed by atoms with van der Waals surface area (Å²) in [6.45, 7) is 2.41. The quantitative estimate of drug-likeness (QED) is 0.801. The van der Waals surface area contributed by atoms with E-state index in [9.17, 15) is 12.8 Å². The fourth-order valence-corrected chi connectivity index (χ4v) is 2.91. The molecule has 0 spiro atoms. The zero-order chi connectivity index (χ0) is 12.6. The SMILES string of the molecule is CC1CC1CNS(=O)(=O)c1cc(N)ccc1F. The molecule has 1 saturated carbocycles. The van der Waals surface area contributed by atoms with E-state index >= 15 is 0 Å². The number of hydrogen-bond donors (Lipinski definition) is 2. The number of anilines is 1. The van der Waals surface area contributed by atoms with Crippen molar-refractivity contribution in [3.05, 3.63) is 24.0 Å². The van der Waals surface area contributed by atoms with Gasteiger partial charge in [0, 0.05) is 12.2 Å². The van der Waals surface area contributed by atoms with E-state index in [0.29, 0.717) is 18.4 Å². The maximum atomic E-state index is 13.4. The summed E-state index contributed by atoms with van der Waals surface area (Å²) < 4.78 is 39.5. The molecule has 0 bridgehead atoms. The molecular formula is C11H15FN2O2S. The van der Waals surface area contributed by atoms with Gasteiger partial charge in [-0.05, 0) is 36.5 Å². The molecule has 1 fully saturated rings. The monoisotopic (exact) mass is 258 g/mol. The molecule has 17 heavy (non-hydrogen) atoms. The van der Waals surface area contributed by atoms with Gasteiger partial charge in [-0.2, -0.15) is 0 Å². The van der Waals surface area contributed by atoms with Gasteiger partial charge in [0.15, 0.2) is 0 Å². The van der Waals surface area contributed by atoms with Gasteiger partial charge in [0.2, 0.25) is 10.0 Å². The molecule has 0 amide bonds. The standard InChI is InChI=1S/C11H15FN2O2S/c1-7-4-8(7)6-14-17(15,16)11-5-9(13)2-3-10(11)12/h2-3,5,7-8,14H,4,6,13H2,1H3. The zero-order valence-electron chi connectivity index (χ0n) is 9.48. The van der Waals surface area contributed by atoms with Crippen molar-refractivity contribution in [1.29, 1.82) is 0 Å². The van der Waals surface area contributed by atoms with E-state index in [0.717, 1.165) is 18.6 Å². The highest BCUT2D eigenvalue weighted by Crippen LogP contribution is 2.37. The number of benzene rings is 1. The molecule has 1 aromatic rings. The fraction of sp³-hybridized carbons (Fsp3) is 0.455. The van der Waals surface area contributed by atoms with Gasteiger partial charge < -0.3 is 5.73 Å². The molecule has 4 nitrogen and oxygen atoms in total. The van der Waals surface area contributed by atoms with E-state index in [1.54, 1.807) is 0 Å². The van der Waals surface area contributed by atoms with Crippen LogP contribution in [0.3, 0.4) is 0 Å². The summed E-state index contributed by atoms with van der Waals surface area (Å²) in [7, 11) is -3.80. The normalized spacial score (nSPS) is 23.6. The topological polar surface area (TPSA) is 72.2 Å². The van der Waals surface area contributed by atoms with Gasteiger partial charge in [0.05, 0.1) is 0 Å². The second kappa shape index (κ2) is 4.27. The second-order valence-corrected chi connectivity index (χ2v) is 6.25. The lowest BCUT2D eigenvalue weighted by molar-refractivity contribution is 0.553. The van der Waals surface area contributed by atoms with Gasteiger partial charge in [0.25, 0.3) is 0 Å². The van der Waals surface area contributed by atoms with Gasteiger partial charge in [-0.1, -0.05) is 6.92 Å². The van der Waals surface area contributed by atoms with E-state index in [1.165, 1.54) is 6.07 Å². The molecule has 2 atom stereocenters. The molecule has 0 aromatic heterocycles. The summed E-state index contributed by atoms with van der Waals surface area (Å²) in [6, 6.07) is 3.52. The third kappa shape index (κ3) is 2.76. The first-order valence-electron chi connectivity index (χ1n) is 5.45. The van der Waals surface area contributed by atoms with Crippen LogP contribution < -0.4 is 10.5 Å². The van der Waals surface area contributed by atoms with Crippen molar-refractivity contribution in [3.63, 3.8) is 0 Å². The van der Waals surface area contributed by atoms with Crippen molar-refractivity contribution in [1.82, 2.24) is 4.72 Å². The summed E-state index contributed by atoms with van der Waals surface area (Å²) >= 11 is 0. The van der Waals surface area contributed by atoms with Gasteiger partial charge >= 0.3 is 0 Å². The largest absolute Gasteiger partial charge is 0.399 e. The van der Waals surface area contributed by atoms with Crippen LogP contribution in [0.15, 0.2) is 23.1 Å². The lowest BCUT2D eigenvalue weighted by Gasteiger charge is -2.07. The lowest BCUT2D eigenvalue weighted by atomic mass is 10.3. The predicted molar refractivity (Wildman–Crippen MR) is 63.3 cm³/mol. The minimum Gasteiger partial charge on any atom is -0.399 e. The average Bonchev–Trinajstić information content (AvgIpc) is 2.96. The van der Waals surface area contributed by atoms with Crippen LogP contribution >= 0.6 is 0 Å². The van der Waals surface area contributed by atoms with Crippen LogP contribution in [0.25, 0.3) is 0 Å². The number of halogens is 1. The maximum absolute atomic E-state index is 13.4. The molecule has 0 aliphatic heterocycles. The van der Waals surface area contributed by atoms with Crippen molar-refractivity contribution in [2.75, 3.05) is 12.3 Å². The van der Waals surface area contributed by atoms with E-state index in [-0.39, 0.29) is 10.6 Å². The molecule has 1 aliphatic carbocycles. The third-order valence-electron chi connectivity index (χ3n) is 3.06. The minimum absolute atomic E-state index is 0.228. The Kier molecular flexibility index (Phi) is 3.09. The Hall–Kier alpha value is -1.14. The van der Waals surface area contributed by atoms with Crippen LogP contribution in [-0.2, 0) is 10.0 Å². The smallest absolute Gasteiger partial charge is 0.243 e. The van der Waals surface area contributed by atoms with E-state index < -0.39 is 15.8 Å². The highest BCUT2D eigenvalue weighted by Gasteiger charge is 2.33. The predicted octanol–water partition coefficient (Wildman–Crippen LogP) is 1.34. The lowest BCUT2D eigenvalue weighted by Crippen LogP contribution is -2.27. The van der Waals surface area contributed by atoms with Gasteiger partial charge in [-0.15, -0.1) is 0 Å². The van der Waals surface area contributed by atoms with Crippen molar-refractivity contribution in [3.8, 4) is 0 Å². The number of nitrogens with one attached hydrogen (secondary N) is 1. The number of sulfonamides is 1. The summed E-state index contributed by atoms with van der Waals surface area (Å²) in [5.41, 5.74) is 5.68. The Morgan fingerprint density at radius 1 is 1.53 bits per heavy atom. The molecule has 94 valence electrons. The fourth-order valence-electron chi connectivity index (χ4n) is 1.70. The van der Waals surface area contributed by atoms with Crippen LogP contribution in [-0.4, -0.2) is 15.0 Å². The Morgan fingerprint density at radius 3 is 2.76 bits per heavy atom. The highest BCUT2D eigenvalue weighted by atomic mass is 32.2. The minimum atomic E-state index is -3.80. The molecule has 6 heteroatoms. The van der Waals surface area contributed by atoms with Crippen LogP contribution in [0.4, 0.5) is 10.1 Å². The van der Waals surface area contributed by atoms with Gasteiger partial charge in [-0.3, -0.25) is 0 Å². The number of hydrogen-bond acceptors (Lipinski definition) is 3. The van der Waals surface area contributed by atoms with E-state index in [4.69, 9.17) is 5.73 Å². The number of nitrogens with two attached hydrogens (primary N) is 1. The maximum Gasteiger partial charge on any atom is 0.243 e. The van der Waals surface area contributed by atoms with E-state index in [2.05, 4.69) is 11.6 Å². The van der Waals surface area contributed by atoms with Crippen molar-refractivity contribution >= 4 is 15.7 Å². The number of nitrogen functional groups attached to an aromatic ring is 1. The van der Waals surface area contributed by atoms with Crippen molar-refractivity contribution in [2.45, 2.75) is 18.2 Å². The first kappa shape index (κ1) is 12.3. The Labute approximate surface area is 100 Å². The molecule has 3 N–H and O–H groups in total. The van der Waals surface area contributed by atoms with Crippen LogP contribution in [0.1, 0.15) is 13.3 Å². The molecule has 1 aliphatic rings. The summed E-state index contributed by atoms with van der Waals surface area (Å²) in [5.74, 6) is 0.132. The summed E-state index contributed by atoms with van der Waals surface area (Å²) in [6.07, 6.45) is 1.02. The van der Waals surface area contributed by atoms with Crippen molar-refractivity contribution in [2.24, 2.45) is 11.8 Å². The first-order valence-corrected chi connectivity index (χ1v) is 6.93. The highest BCUT2D eigenvalue weighted by molar-refractivity contribution is 7.89. The third-order valence-corrected chi connectivity index (χ3v) is 4.50. The second-order valence-electron chi connectivity index (χ2n) is 4.51. The molecule has 2 unspecified atom stereocenters. The van der Waals surface area contributed by atoms with Gasteiger partial charge in [-0.25, -0.2) is 17.5 Å². The van der Waals surface area contributed by atoms with E-state index in [1.807, 2.05) is 0 Å². The van der Waals surface area contributed by atoms with Crippen molar-refractivity contribution < 1.29 is 12.8 Å². The van der Waals surface area contributed by atoms with Gasteiger partial charge in [0.1, 0.15) is 10.7 Å². The molecule has 1 aromatic carbocycles. The first-order chi connectivity index (χ1) is 7.90. The summed E-state index contributed by atoms with van der Waals surface area (Å²) in [4.78, 5) is -0.384. The number of rotatable bonds is 4. The van der Waals surface area contributed by atoms with Crippen LogP contribution in [0.5, 0.6) is 0 Å².